The number of rotatable bonds is 9. The maximum absolute atomic E-state index is 13.3. The van der Waals surface area contributed by atoms with Crippen LogP contribution in [-0.2, 0) is 0 Å². The van der Waals surface area contributed by atoms with Gasteiger partial charge in [-0.25, -0.2) is 4.79 Å². The molecule has 0 aromatic heterocycles. The molecule has 0 radical (unpaired) electrons. The third kappa shape index (κ3) is 6.82. The van der Waals surface area contributed by atoms with E-state index in [0.717, 1.165) is 43.0 Å². The van der Waals surface area contributed by atoms with Gasteiger partial charge in [0.25, 0.3) is 0 Å². The first kappa shape index (κ1) is 27.3. The number of carbonyl (C=O) groups is 1. The number of anilines is 2. The summed E-state index contributed by atoms with van der Waals surface area (Å²) in [6.45, 7) is 4.28. The predicted molar refractivity (Wildman–Crippen MR) is 165 cm³/mol. The average molecular weight is 534 g/mol. The van der Waals surface area contributed by atoms with Crippen molar-refractivity contribution in [2.75, 3.05) is 56.6 Å². The second-order valence-corrected chi connectivity index (χ2v) is 10.5. The highest BCUT2D eigenvalue weighted by Crippen LogP contribution is 2.26. The number of urea groups is 1. The minimum absolute atomic E-state index is 0.0757. The van der Waals surface area contributed by atoms with Crippen molar-refractivity contribution in [1.82, 2.24) is 15.5 Å². The quantitative estimate of drug-likeness (QED) is 0.290. The van der Waals surface area contributed by atoms with Crippen LogP contribution in [0, 0.1) is 0 Å². The van der Waals surface area contributed by atoms with Crippen LogP contribution in [-0.4, -0.2) is 57.8 Å². The van der Waals surface area contributed by atoms with Gasteiger partial charge >= 0.3 is 6.03 Å². The summed E-state index contributed by atoms with van der Waals surface area (Å²) in [7, 11) is 4.11. The normalized spacial score (nSPS) is 14.5. The number of nitrogens with zero attached hydrogens (tertiary/aromatic N) is 3. The molecule has 1 saturated heterocycles. The standard InChI is InChI=1S/C34H39N5O/c1-37(2)30-20-18-27(19-21-30)32(39-24-22-38(23-25-39)31-16-10-5-11-17-31)26-35-34(40)36-33(28-12-6-3-7-13-28)29-14-8-4-9-15-29/h3-21,32-33H,22-26H2,1-2H3,(H2,35,36,40). The van der Waals surface area contributed by atoms with Crippen LogP contribution in [0.5, 0.6) is 0 Å². The highest BCUT2D eigenvalue weighted by Gasteiger charge is 2.26. The van der Waals surface area contributed by atoms with E-state index in [-0.39, 0.29) is 18.1 Å². The molecular weight excluding hydrogens is 494 g/mol. The lowest BCUT2D eigenvalue weighted by Gasteiger charge is -2.40. The fourth-order valence-electron chi connectivity index (χ4n) is 5.40. The predicted octanol–water partition coefficient (Wildman–Crippen LogP) is 5.70. The lowest BCUT2D eigenvalue weighted by Crippen LogP contribution is -2.50. The summed E-state index contributed by atoms with van der Waals surface area (Å²) < 4.78 is 0. The molecule has 5 rings (SSSR count). The summed E-state index contributed by atoms with van der Waals surface area (Å²) in [5.74, 6) is 0. The SMILES string of the molecule is CN(C)c1ccc(C(CNC(=O)NC(c2ccccc2)c2ccccc2)N2CCN(c3ccccc3)CC2)cc1. The van der Waals surface area contributed by atoms with E-state index < -0.39 is 0 Å². The lowest BCUT2D eigenvalue weighted by molar-refractivity contribution is 0.180. The zero-order valence-electron chi connectivity index (χ0n) is 23.4. The first-order valence-corrected chi connectivity index (χ1v) is 14.0. The molecule has 6 heteroatoms. The van der Waals surface area contributed by atoms with Crippen LogP contribution in [0.15, 0.2) is 115 Å². The third-order valence-electron chi connectivity index (χ3n) is 7.67. The van der Waals surface area contributed by atoms with Crippen LogP contribution in [0.3, 0.4) is 0 Å². The van der Waals surface area contributed by atoms with Gasteiger partial charge in [-0.3, -0.25) is 4.90 Å². The van der Waals surface area contributed by atoms with Crippen LogP contribution in [0.1, 0.15) is 28.8 Å². The van der Waals surface area contributed by atoms with E-state index in [0.29, 0.717) is 6.54 Å². The van der Waals surface area contributed by atoms with E-state index in [1.165, 1.54) is 11.3 Å². The lowest BCUT2D eigenvalue weighted by atomic mass is 9.99. The van der Waals surface area contributed by atoms with Crippen molar-refractivity contribution in [2.45, 2.75) is 12.1 Å². The van der Waals surface area contributed by atoms with Crippen LogP contribution in [0.4, 0.5) is 16.2 Å². The van der Waals surface area contributed by atoms with Gasteiger partial charge in [0.2, 0.25) is 0 Å². The van der Waals surface area contributed by atoms with Crippen molar-refractivity contribution in [1.29, 1.82) is 0 Å². The van der Waals surface area contributed by atoms with Crippen molar-refractivity contribution in [3.05, 3.63) is 132 Å². The molecule has 40 heavy (non-hydrogen) atoms. The van der Waals surface area contributed by atoms with E-state index in [1.54, 1.807) is 0 Å². The van der Waals surface area contributed by atoms with Gasteiger partial charge < -0.3 is 20.4 Å². The Morgan fingerprint density at radius 3 is 1.75 bits per heavy atom. The molecule has 0 aliphatic carbocycles. The number of benzene rings is 4. The molecule has 1 aliphatic heterocycles. The number of piperazine rings is 1. The van der Waals surface area contributed by atoms with Gasteiger partial charge in [-0.05, 0) is 41.0 Å². The Morgan fingerprint density at radius 1 is 0.700 bits per heavy atom. The van der Waals surface area contributed by atoms with E-state index in [2.05, 4.69) is 118 Å². The third-order valence-corrected chi connectivity index (χ3v) is 7.67. The van der Waals surface area contributed by atoms with Crippen molar-refractivity contribution in [3.8, 4) is 0 Å². The number of para-hydroxylation sites is 1. The molecule has 1 aliphatic rings. The Morgan fingerprint density at radius 2 is 1.23 bits per heavy atom. The minimum Gasteiger partial charge on any atom is -0.378 e. The second kappa shape index (κ2) is 13.2. The molecule has 1 unspecified atom stereocenters. The van der Waals surface area contributed by atoms with Gasteiger partial charge in [-0.2, -0.15) is 0 Å². The second-order valence-electron chi connectivity index (χ2n) is 10.5. The Labute approximate surface area is 238 Å². The number of hydrogen-bond acceptors (Lipinski definition) is 4. The Hall–Kier alpha value is -4.29. The molecule has 206 valence electrons. The van der Waals surface area contributed by atoms with Gasteiger partial charge in [0.1, 0.15) is 0 Å². The molecule has 1 fully saturated rings. The molecule has 0 spiro atoms. The molecule has 0 saturated carbocycles. The Kier molecular flexibility index (Phi) is 8.99. The van der Waals surface area contributed by atoms with Crippen molar-refractivity contribution < 1.29 is 4.79 Å². The summed E-state index contributed by atoms with van der Waals surface area (Å²) in [5.41, 5.74) is 5.74. The fraction of sp³-hybridized carbons (Fsp3) is 0.265. The maximum Gasteiger partial charge on any atom is 0.315 e. The van der Waals surface area contributed by atoms with Crippen molar-refractivity contribution >= 4 is 17.4 Å². The number of nitrogens with one attached hydrogen (secondary N) is 2. The molecule has 0 bridgehead atoms. The van der Waals surface area contributed by atoms with Crippen LogP contribution in [0.2, 0.25) is 0 Å². The smallest absolute Gasteiger partial charge is 0.315 e. The number of amides is 2. The minimum atomic E-state index is -0.227. The molecule has 6 nitrogen and oxygen atoms in total. The summed E-state index contributed by atoms with van der Waals surface area (Å²) in [5, 5.41) is 6.44. The fourth-order valence-corrected chi connectivity index (χ4v) is 5.40. The number of carbonyl (C=O) groups excluding carboxylic acids is 1. The molecule has 1 atom stereocenters. The van der Waals surface area contributed by atoms with Gasteiger partial charge in [0.05, 0.1) is 12.1 Å². The maximum atomic E-state index is 13.3. The highest BCUT2D eigenvalue weighted by atomic mass is 16.2. The van der Waals surface area contributed by atoms with E-state index in [1.807, 2.05) is 36.4 Å². The monoisotopic (exact) mass is 533 g/mol. The Bertz CT molecular complexity index is 1280. The summed E-state index contributed by atoms with van der Waals surface area (Å²) in [6, 6.07) is 39.2. The first-order valence-electron chi connectivity index (χ1n) is 14.0. The first-order chi connectivity index (χ1) is 19.6. The average Bonchev–Trinajstić information content (AvgIpc) is 3.02. The zero-order valence-corrected chi connectivity index (χ0v) is 23.4. The molecule has 2 amide bonds. The topological polar surface area (TPSA) is 50.9 Å². The Balaban J connectivity index is 1.30. The molecule has 2 N–H and O–H groups in total. The van der Waals surface area contributed by atoms with Crippen LogP contribution in [0.25, 0.3) is 0 Å². The molecule has 4 aromatic carbocycles. The van der Waals surface area contributed by atoms with Crippen LogP contribution < -0.4 is 20.4 Å². The van der Waals surface area contributed by atoms with Crippen molar-refractivity contribution in [2.24, 2.45) is 0 Å². The highest BCUT2D eigenvalue weighted by molar-refractivity contribution is 5.75. The largest absolute Gasteiger partial charge is 0.378 e. The van der Waals surface area contributed by atoms with Gasteiger partial charge in [-0.15, -0.1) is 0 Å². The van der Waals surface area contributed by atoms with Crippen molar-refractivity contribution in [3.63, 3.8) is 0 Å². The van der Waals surface area contributed by atoms with E-state index in [9.17, 15) is 4.79 Å². The van der Waals surface area contributed by atoms with E-state index >= 15 is 0 Å². The van der Waals surface area contributed by atoms with Gasteiger partial charge in [-0.1, -0.05) is 91.0 Å². The van der Waals surface area contributed by atoms with Gasteiger partial charge in [0, 0.05) is 58.2 Å². The van der Waals surface area contributed by atoms with E-state index in [4.69, 9.17) is 0 Å². The van der Waals surface area contributed by atoms with Gasteiger partial charge in [0.15, 0.2) is 0 Å². The molecular formula is C34H39N5O. The summed E-state index contributed by atoms with van der Waals surface area (Å²) in [6.07, 6.45) is 0. The van der Waals surface area contributed by atoms with Crippen LogP contribution >= 0.6 is 0 Å². The summed E-state index contributed by atoms with van der Waals surface area (Å²) >= 11 is 0. The summed E-state index contributed by atoms with van der Waals surface area (Å²) in [4.78, 5) is 20.4. The zero-order chi connectivity index (χ0) is 27.7. The number of hydrogen-bond donors (Lipinski definition) is 2. The molecule has 1 heterocycles. The molecule has 4 aromatic rings.